The molecule has 4 aliphatic heterocycles. The van der Waals surface area contributed by atoms with Gasteiger partial charge in [0.15, 0.2) is 0 Å². The molecule has 6 rings (SSSR count). The van der Waals surface area contributed by atoms with Gasteiger partial charge in [0.05, 0.1) is 31.2 Å². The van der Waals surface area contributed by atoms with E-state index in [4.69, 9.17) is 9.47 Å². The largest absolute Gasteiger partial charge is 0.455 e. The number of hydrogen-bond donors (Lipinski definition) is 2. The van der Waals surface area contributed by atoms with Gasteiger partial charge in [-0.1, -0.05) is 68.5 Å². The molecule has 2 N–H and O–H groups in total. The lowest BCUT2D eigenvalue weighted by atomic mass is 9.77. The van der Waals surface area contributed by atoms with Gasteiger partial charge in [0.2, 0.25) is 11.8 Å². The Balaban J connectivity index is 1.43. The van der Waals surface area contributed by atoms with Crippen LogP contribution in [0.15, 0.2) is 78.9 Å². The van der Waals surface area contributed by atoms with Crippen LogP contribution in [-0.2, 0) is 28.7 Å². The van der Waals surface area contributed by atoms with Crippen LogP contribution in [0.3, 0.4) is 0 Å². The molecule has 4 heterocycles. The number of benzene rings is 2. The van der Waals surface area contributed by atoms with Gasteiger partial charge in [-0.25, -0.2) is 0 Å². The van der Waals surface area contributed by atoms with Gasteiger partial charge in [-0.2, -0.15) is 0 Å². The number of carbonyl (C=O) groups is 4. The molecule has 2 aromatic carbocycles. The molecule has 0 aliphatic carbocycles. The van der Waals surface area contributed by atoms with E-state index in [1.54, 1.807) is 23.1 Å². The molecule has 11 heteroatoms. The van der Waals surface area contributed by atoms with Crippen molar-refractivity contribution in [1.82, 2.24) is 10.2 Å². The molecule has 1 spiro atoms. The fourth-order valence-electron chi connectivity index (χ4n) is 7.99. The van der Waals surface area contributed by atoms with Gasteiger partial charge >= 0.3 is 5.97 Å². The topological polar surface area (TPSA) is 129 Å². The summed E-state index contributed by atoms with van der Waals surface area (Å²) in [6, 6.07) is 15.1. The molecular formula is C39H48N4O7. The van der Waals surface area contributed by atoms with E-state index in [9.17, 15) is 24.3 Å². The third-order valence-electron chi connectivity index (χ3n) is 10.6. The van der Waals surface area contributed by atoms with E-state index in [0.29, 0.717) is 17.7 Å². The lowest BCUT2D eigenvalue weighted by Gasteiger charge is -2.40. The number of likely N-dealkylation sites (tertiary alicyclic amines) is 1. The molecule has 4 aliphatic rings. The van der Waals surface area contributed by atoms with Crippen LogP contribution in [0.1, 0.15) is 52.2 Å². The third kappa shape index (κ3) is 6.33. The van der Waals surface area contributed by atoms with Crippen LogP contribution in [0.2, 0.25) is 0 Å². The number of carbonyl (C=O) groups excluding carboxylic acids is 4. The second-order valence-electron chi connectivity index (χ2n) is 13.7. The molecule has 0 saturated carbocycles. The molecule has 0 bridgehead atoms. The zero-order valence-corrected chi connectivity index (χ0v) is 29.2. The number of rotatable bonds is 8. The fraction of sp³-hybridized carbons (Fsp3) is 0.487. The summed E-state index contributed by atoms with van der Waals surface area (Å²) in [5.74, 6) is -4.01. The zero-order valence-electron chi connectivity index (χ0n) is 29.2. The Labute approximate surface area is 293 Å². The zero-order chi connectivity index (χ0) is 35.6. The van der Waals surface area contributed by atoms with E-state index >= 15 is 0 Å². The number of amides is 3. The highest BCUT2D eigenvalue weighted by atomic mass is 16.6. The summed E-state index contributed by atoms with van der Waals surface area (Å²) in [7, 11) is 0. The van der Waals surface area contributed by atoms with E-state index in [1.165, 1.54) is 4.90 Å². The normalized spacial score (nSPS) is 29.6. The van der Waals surface area contributed by atoms with Crippen molar-refractivity contribution in [3.05, 3.63) is 84.5 Å². The van der Waals surface area contributed by atoms with Crippen LogP contribution < -0.4 is 15.1 Å². The highest BCUT2D eigenvalue weighted by Gasteiger charge is 2.72. The van der Waals surface area contributed by atoms with Crippen molar-refractivity contribution in [1.29, 1.82) is 0 Å². The average molecular weight is 685 g/mol. The molecule has 3 amide bonds. The molecule has 2 fully saturated rings. The Morgan fingerprint density at radius 2 is 1.70 bits per heavy atom. The third-order valence-corrected chi connectivity index (χ3v) is 10.6. The highest BCUT2D eigenvalue weighted by molar-refractivity contribution is 6.05. The molecular weight excluding hydrogens is 636 g/mol. The van der Waals surface area contributed by atoms with Gasteiger partial charge in [0.1, 0.15) is 23.7 Å². The Morgan fingerprint density at radius 3 is 2.36 bits per heavy atom. The van der Waals surface area contributed by atoms with Gasteiger partial charge in [-0.3, -0.25) is 19.2 Å². The standard InChI is InChI=1S/C39H48N4O7/c1-5-41(6-2)27-17-19-28(20-18-27)42-22-12-21-39-34(36(46)43(35(39)37(42)47)29(24-44)25(3)4)33-30(50-39)15-10-11-16-32(45)40-23-31(49-38(33)48)26-13-8-7-9-14-26/h7-10,12-15,17-21,25,29-31,33-35,44H,5-6,11,16,22-24H2,1-4H3,(H,40,45)/b15-10-/t29-,30+,31-,33-,34-,35+,39-/m0/s1. The van der Waals surface area contributed by atoms with Gasteiger partial charge in [0, 0.05) is 37.4 Å². The number of aliphatic hydroxyl groups is 1. The van der Waals surface area contributed by atoms with E-state index in [0.717, 1.165) is 18.8 Å². The number of allylic oxidation sites excluding steroid dienone is 1. The average Bonchev–Trinajstić information content (AvgIpc) is 3.50. The van der Waals surface area contributed by atoms with Crippen molar-refractivity contribution in [2.45, 2.75) is 70.4 Å². The summed E-state index contributed by atoms with van der Waals surface area (Å²) in [5, 5.41) is 13.5. The van der Waals surface area contributed by atoms with Crippen LogP contribution in [0.5, 0.6) is 0 Å². The number of esters is 1. The van der Waals surface area contributed by atoms with Crippen molar-refractivity contribution in [2.75, 3.05) is 42.6 Å². The van der Waals surface area contributed by atoms with Crippen molar-refractivity contribution in [3.8, 4) is 0 Å². The van der Waals surface area contributed by atoms with E-state index in [-0.39, 0.29) is 43.8 Å². The number of nitrogens with zero attached hydrogens (tertiary/aromatic N) is 3. The minimum Gasteiger partial charge on any atom is -0.455 e. The minimum absolute atomic E-state index is 0.0649. The lowest BCUT2D eigenvalue weighted by Crippen LogP contribution is -2.59. The number of ether oxygens (including phenoxy) is 2. The maximum atomic E-state index is 14.9. The van der Waals surface area contributed by atoms with E-state index in [1.807, 2.05) is 74.5 Å². The monoisotopic (exact) mass is 684 g/mol. The predicted molar refractivity (Wildman–Crippen MR) is 189 cm³/mol. The summed E-state index contributed by atoms with van der Waals surface area (Å²) in [6.45, 7) is 9.58. The number of cyclic esters (lactones) is 1. The van der Waals surface area contributed by atoms with Gasteiger partial charge < -0.3 is 34.6 Å². The van der Waals surface area contributed by atoms with Crippen molar-refractivity contribution in [3.63, 3.8) is 0 Å². The van der Waals surface area contributed by atoms with E-state index < -0.39 is 53.6 Å². The van der Waals surface area contributed by atoms with Crippen LogP contribution in [-0.4, -0.2) is 90.3 Å². The SMILES string of the molecule is CCN(CC)c1ccc(N2CC=C[C@]34O[C@@H]5/C=C\CCC(=O)NC[C@@H](c6ccccc6)OC(=O)[C@@H]5[C@H]3C(=O)N([C@@H](CO)C(C)C)[C@@H]4C2=O)cc1. The number of anilines is 2. The Morgan fingerprint density at radius 1 is 0.980 bits per heavy atom. The Bertz CT molecular complexity index is 1620. The molecule has 2 saturated heterocycles. The van der Waals surface area contributed by atoms with Crippen LogP contribution in [0.4, 0.5) is 11.4 Å². The molecule has 7 atom stereocenters. The highest BCUT2D eigenvalue weighted by Crippen LogP contribution is 2.54. The first-order valence-electron chi connectivity index (χ1n) is 17.8. The molecule has 2 aromatic rings. The summed E-state index contributed by atoms with van der Waals surface area (Å²) >= 11 is 0. The fourth-order valence-corrected chi connectivity index (χ4v) is 7.99. The van der Waals surface area contributed by atoms with E-state index in [2.05, 4.69) is 24.1 Å². The predicted octanol–water partition coefficient (Wildman–Crippen LogP) is 3.78. The summed E-state index contributed by atoms with van der Waals surface area (Å²) in [6.07, 6.45) is 6.04. The van der Waals surface area contributed by atoms with Crippen molar-refractivity contribution >= 4 is 35.1 Å². The number of aliphatic hydroxyl groups excluding tert-OH is 1. The summed E-state index contributed by atoms with van der Waals surface area (Å²) in [5.41, 5.74) is 0.890. The lowest BCUT2D eigenvalue weighted by molar-refractivity contribution is -0.160. The molecule has 11 nitrogen and oxygen atoms in total. The second-order valence-corrected chi connectivity index (χ2v) is 13.7. The molecule has 0 aromatic heterocycles. The molecule has 50 heavy (non-hydrogen) atoms. The molecule has 0 unspecified atom stereocenters. The number of nitrogens with one attached hydrogen (secondary N) is 1. The van der Waals surface area contributed by atoms with Crippen LogP contribution in [0.25, 0.3) is 0 Å². The summed E-state index contributed by atoms with van der Waals surface area (Å²) < 4.78 is 13.0. The maximum absolute atomic E-state index is 14.9. The number of hydrogen-bond acceptors (Lipinski definition) is 8. The first-order valence-corrected chi connectivity index (χ1v) is 17.8. The maximum Gasteiger partial charge on any atom is 0.313 e. The van der Waals surface area contributed by atoms with Crippen molar-refractivity contribution < 1.29 is 33.8 Å². The second kappa shape index (κ2) is 14.8. The van der Waals surface area contributed by atoms with Crippen LogP contribution >= 0.6 is 0 Å². The Kier molecular flexibility index (Phi) is 10.5. The quantitative estimate of drug-likeness (QED) is 0.318. The van der Waals surface area contributed by atoms with Crippen molar-refractivity contribution in [2.24, 2.45) is 17.8 Å². The minimum atomic E-state index is -1.51. The molecule has 266 valence electrons. The molecule has 0 radical (unpaired) electrons. The van der Waals surface area contributed by atoms with Gasteiger partial charge in [-0.05, 0) is 56.0 Å². The van der Waals surface area contributed by atoms with Gasteiger partial charge in [-0.15, -0.1) is 0 Å². The van der Waals surface area contributed by atoms with Gasteiger partial charge in [0.25, 0.3) is 5.91 Å². The van der Waals surface area contributed by atoms with Crippen LogP contribution in [0, 0.1) is 17.8 Å². The smallest absolute Gasteiger partial charge is 0.313 e. The number of fused-ring (bicyclic) bond motifs is 2. The Hall–Kier alpha value is -4.48. The first-order chi connectivity index (χ1) is 24.1. The first kappa shape index (κ1) is 35.3. The summed E-state index contributed by atoms with van der Waals surface area (Å²) in [4.78, 5) is 62.1.